The number of likely N-dealkylation sites (tertiary alicyclic amines) is 3. The zero-order chi connectivity index (χ0) is 23.6. The van der Waals surface area contributed by atoms with Crippen LogP contribution in [0.1, 0.15) is 63.5 Å². The molecule has 2 saturated carbocycles. The third kappa shape index (κ3) is 3.53. The van der Waals surface area contributed by atoms with Gasteiger partial charge in [-0.1, -0.05) is 31.9 Å². The van der Waals surface area contributed by atoms with Gasteiger partial charge in [0.25, 0.3) is 0 Å². The fourth-order valence-electron chi connectivity index (χ4n) is 7.42. The maximum Gasteiger partial charge on any atom is 0.240 e. The molecule has 2 bridgehead atoms. The van der Waals surface area contributed by atoms with Crippen molar-refractivity contribution in [3.63, 3.8) is 0 Å². The summed E-state index contributed by atoms with van der Waals surface area (Å²) in [5.41, 5.74) is 1.04. The molecular formula is C27H33FN4O2. The normalized spacial score (nSPS) is 34.4. The number of nitrogens with zero attached hydrogens (tertiary/aromatic N) is 4. The lowest BCUT2D eigenvalue weighted by atomic mass is 9.89. The van der Waals surface area contributed by atoms with Crippen molar-refractivity contribution < 1.29 is 14.0 Å². The van der Waals surface area contributed by atoms with E-state index in [-0.39, 0.29) is 53.8 Å². The van der Waals surface area contributed by atoms with Crippen LogP contribution in [0.15, 0.2) is 24.3 Å². The van der Waals surface area contributed by atoms with Crippen molar-refractivity contribution in [2.75, 3.05) is 13.1 Å². The summed E-state index contributed by atoms with van der Waals surface area (Å²) in [5, 5.41) is 9.47. The van der Waals surface area contributed by atoms with Crippen LogP contribution in [0, 0.1) is 34.9 Å². The predicted molar refractivity (Wildman–Crippen MR) is 124 cm³/mol. The van der Waals surface area contributed by atoms with Crippen LogP contribution >= 0.6 is 0 Å². The molecule has 7 atom stereocenters. The van der Waals surface area contributed by atoms with Crippen LogP contribution in [0.25, 0.3) is 0 Å². The topological polar surface area (TPSA) is 67.7 Å². The van der Waals surface area contributed by atoms with Gasteiger partial charge in [0.05, 0.1) is 18.2 Å². The lowest BCUT2D eigenvalue weighted by molar-refractivity contribution is -0.143. The highest BCUT2D eigenvalue weighted by Crippen LogP contribution is 2.49. The van der Waals surface area contributed by atoms with Gasteiger partial charge in [-0.3, -0.25) is 14.5 Å². The van der Waals surface area contributed by atoms with Gasteiger partial charge in [0.2, 0.25) is 11.8 Å². The van der Waals surface area contributed by atoms with Crippen LogP contribution in [0.3, 0.4) is 0 Å². The van der Waals surface area contributed by atoms with E-state index in [9.17, 15) is 19.2 Å². The van der Waals surface area contributed by atoms with Crippen LogP contribution in [-0.4, -0.2) is 63.8 Å². The minimum atomic E-state index is -0.284. The number of amides is 2. The first-order valence-corrected chi connectivity index (χ1v) is 13.0. The van der Waals surface area contributed by atoms with Crippen LogP contribution < -0.4 is 0 Å². The quantitative estimate of drug-likeness (QED) is 0.646. The van der Waals surface area contributed by atoms with E-state index in [1.165, 1.54) is 25.0 Å². The smallest absolute Gasteiger partial charge is 0.240 e. The highest BCUT2D eigenvalue weighted by Gasteiger charge is 2.56. The van der Waals surface area contributed by atoms with Crippen molar-refractivity contribution in [3.8, 4) is 6.07 Å². The van der Waals surface area contributed by atoms with E-state index in [0.29, 0.717) is 18.4 Å². The molecule has 3 heterocycles. The Labute approximate surface area is 200 Å². The summed E-state index contributed by atoms with van der Waals surface area (Å²) < 4.78 is 13.6. The highest BCUT2D eigenvalue weighted by atomic mass is 19.1. The minimum absolute atomic E-state index is 0.0135. The summed E-state index contributed by atoms with van der Waals surface area (Å²) in [7, 11) is 0. The van der Waals surface area contributed by atoms with Crippen molar-refractivity contribution in [2.45, 2.75) is 82.1 Å². The Morgan fingerprint density at radius 2 is 1.91 bits per heavy atom. The average molecular weight is 465 g/mol. The summed E-state index contributed by atoms with van der Waals surface area (Å²) in [6.07, 6.45) is 7.24. The zero-order valence-corrected chi connectivity index (χ0v) is 19.8. The number of benzene rings is 1. The minimum Gasteiger partial charge on any atom is -0.330 e. The Kier molecular flexibility index (Phi) is 5.40. The molecule has 34 heavy (non-hydrogen) atoms. The molecule has 0 radical (unpaired) electrons. The SMILES string of the molecule is C[C@@H](CN1C[C@H]2C[C@@H]1C(=O)N2[C@@H](c1ccc(F)cc1)C1CCCC1)C(=O)N1C2C[C@H]2C[C@H]1C#N. The van der Waals surface area contributed by atoms with Gasteiger partial charge in [0, 0.05) is 31.1 Å². The number of carbonyl (C=O) groups excluding carboxylic acids is 2. The van der Waals surface area contributed by atoms with E-state index in [1.54, 1.807) is 0 Å². The molecular weight excluding hydrogens is 431 g/mol. The summed E-state index contributed by atoms with van der Waals surface area (Å²) in [4.78, 5) is 33.0. The third-order valence-corrected chi connectivity index (χ3v) is 9.11. The van der Waals surface area contributed by atoms with Crippen LogP contribution in [-0.2, 0) is 9.59 Å². The molecule has 7 heteroatoms. The molecule has 3 saturated heterocycles. The van der Waals surface area contributed by atoms with E-state index >= 15 is 0 Å². The zero-order valence-electron chi connectivity index (χ0n) is 19.8. The second kappa shape index (κ2) is 8.34. The number of halogens is 1. The molecule has 0 aromatic heterocycles. The largest absolute Gasteiger partial charge is 0.330 e. The van der Waals surface area contributed by atoms with Crippen molar-refractivity contribution >= 4 is 11.8 Å². The van der Waals surface area contributed by atoms with Crippen molar-refractivity contribution in [2.24, 2.45) is 17.8 Å². The summed E-state index contributed by atoms with van der Waals surface area (Å²) in [5.74, 6) is 0.694. The van der Waals surface area contributed by atoms with E-state index in [4.69, 9.17) is 0 Å². The van der Waals surface area contributed by atoms with Crippen molar-refractivity contribution in [3.05, 3.63) is 35.6 Å². The molecule has 1 unspecified atom stereocenters. The van der Waals surface area contributed by atoms with Crippen LogP contribution in [0.4, 0.5) is 4.39 Å². The van der Waals surface area contributed by atoms with Gasteiger partial charge in [-0.25, -0.2) is 4.39 Å². The Bertz CT molecular complexity index is 1020. The predicted octanol–water partition coefficient (Wildman–Crippen LogP) is 3.49. The number of hydrogen-bond donors (Lipinski definition) is 0. The van der Waals surface area contributed by atoms with Gasteiger partial charge in [-0.05, 0) is 61.6 Å². The van der Waals surface area contributed by atoms with E-state index < -0.39 is 0 Å². The Balaban J connectivity index is 1.16. The van der Waals surface area contributed by atoms with E-state index in [0.717, 1.165) is 44.2 Å². The fraction of sp³-hybridized carbons (Fsp3) is 0.667. The van der Waals surface area contributed by atoms with Gasteiger partial charge in [0.1, 0.15) is 11.9 Å². The number of piperazine rings is 1. The molecule has 1 aromatic carbocycles. The van der Waals surface area contributed by atoms with E-state index in [1.807, 2.05) is 24.0 Å². The standard InChI is InChI=1S/C27H33FN4O2/c1-16(26(33)31-21(13-29)10-19-11-23(19)31)14-30-15-22-12-24(30)27(34)32(22)25(17-4-2-3-5-17)18-6-8-20(28)9-7-18/h6-9,16-17,19,21-25H,2-5,10-12,14-15H2,1H3/t16-,19+,21-,22+,23?,24+,25+/m0/s1. The van der Waals surface area contributed by atoms with Crippen molar-refractivity contribution in [1.29, 1.82) is 5.26 Å². The summed E-state index contributed by atoms with van der Waals surface area (Å²) >= 11 is 0. The first-order chi connectivity index (χ1) is 16.5. The summed E-state index contributed by atoms with van der Waals surface area (Å²) in [6.45, 7) is 3.29. The van der Waals surface area contributed by atoms with Gasteiger partial charge in [-0.2, -0.15) is 5.26 Å². The number of rotatable bonds is 6. The molecule has 1 aromatic rings. The number of fused-ring (bicyclic) bond motifs is 3. The van der Waals surface area contributed by atoms with Gasteiger partial charge < -0.3 is 9.80 Å². The van der Waals surface area contributed by atoms with Crippen molar-refractivity contribution in [1.82, 2.24) is 14.7 Å². The van der Waals surface area contributed by atoms with Crippen LogP contribution in [0.2, 0.25) is 0 Å². The first kappa shape index (κ1) is 22.0. The summed E-state index contributed by atoms with van der Waals surface area (Å²) in [6, 6.07) is 8.98. The first-order valence-electron chi connectivity index (χ1n) is 13.0. The van der Waals surface area contributed by atoms with Gasteiger partial charge in [0.15, 0.2) is 0 Å². The average Bonchev–Trinajstić information content (AvgIpc) is 3.25. The molecule has 5 fully saturated rings. The highest BCUT2D eigenvalue weighted by molar-refractivity contribution is 5.86. The maximum atomic E-state index is 13.7. The lowest BCUT2D eigenvalue weighted by Crippen LogP contribution is -2.54. The molecule has 5 aliphatic rings. The molecule has 0 N–H and O–H groups in total. The van der Waals surface area contributed by atoms with E-state index in [2.05, 4.69) is 15.9 Å². The second-order valence-corrected chi connectivity index (χ2v) is 11.2. The molecule has 0 spiro atoms. The molecule has 6 rings (SSSR count). The van der Waals surface area contributed by atoms with Crippen LogP contribution in [0.5, 0.6) is 0 Å². The third-order valence-electron chi connectivity index (χ3n) is 9.11. The second-order valence-electron chi connectivity index (χ2n) is 11.2. The Morgan fingerprint density at radius 1 is 1.18 bits per heavy atom. The number of nitriles is 1. The van der Waals surface area contributed by atoms with Gasteiger partial charge >= 0.3 is 0 Å². The molecule has 3 aliphatic heterocycles. The monoisotopic (exact) mass is 464 g/mol. The number of piperidine rings is 1. The lowest BCUT2D eigenvalue weighted by Gasteiger charge is -2.42. The number of carbonyl (C=O) groups is 2. The fourth-order valence-corrected chi connectivity index (χ4v) is 7.42. The molecule has 2 aliphatic carbocycles. The van der Waals surface area contributed by atoms with Gasteiger partial charge in [-0.15, -0.1) is 0 Å². The Morgan fingerprint density at radius 3 is 2.59 bits per heavy atom. The molecule has 6 nitrogen and oxygen atoms in total. The maximum absolute atomic E-state index is 13.7. The molecule has 180 valence electrons. The number of hydrogen-bond acceptors (Lipinski definition) is 4. The Hall–Kier alpha value is -2.46. The molecule has 2 amide bonds.